The van der Waals surface area contributed by atoms with E-state index in [1.807, 2.05) is 27.7 Å². The minimum atomic E-state index is 0. The van der Waals surface area contributed by atoms with Crippen LogP contribution in [-0.2, 0) is 0 Å². The van der Waals surface area contributed by atoms with Gasteiger partial charge in [0.1, 0.15) is 0 Å². The second kappa shape index (κ2) is 13.6. The molecule has 0 saturated carbocycles. The molecular weight excluding hydrogens is 202 g/mol. The summed E-state index contributed by atoms with van der Waals surface area (Å²) in [5, 5.41) is 8.24. The molecule has 0 atom stereocenters. The summed E-state index contributed by atoms with van der Waals surface area (Å²) >= 11 is 0. The Morgan fingerprint density at radius 1 is 0.750 bits per heavy atom. The number of nitrogens with zero attached hydrogens (tertiary/aromatic N) is 2. The Hall–Kier alpha value is 2.61. The molecule has 60 valence electrons. The SMILES string of the molecule is CC(C)[N-]C=C[N-]C(C)C.[K+].[K+]. The Morgan fingerprint density at radius 2 is 1.00 bits per heavy atom. The molecule has 0 aromatic carbocycles. The van der Waals surface area contributed by atoms with E-state index in [0.717, 1.165) is 0 Å². The zero-order chi connectivity index (χ0) is 7.98. The van der Waals surface area contributed by atoms with E-state index in [1.54, 1.807) is 12.4 Å². The fourth-order valence-electron chi connectivity index (χ4n) is 0.421. The Balaban J connectivity index is -0.000000405. The summed E-state index contributed by atoms with van der Waals surface area (Å²) < 4.78 is 0. The van der Waals surface area contributed by atoms with Gasteiger partial charge >= 0.3 is 103 Å². The Labute approximate surface area is 162 Å². The average molecular weight is 218 g/mol. The third kappa shape index (κ3) is 18.4. The molecule has 0 saturated heterocycles. The molecule has 0 aliphatic rings. The van der Waals surface area contributed by atoms with Gasteiger partial charge in [-0.25, -0.2) is 12.4 Å². The molecule has 0 heterocycles. The van der Waals surface area contributed by atoms with Crippen LogP contribution >= 0.6 is 0 Å². The molecule has 2 nitrogen and oxygen atoms in total. The summed E-state index contributed by atoms with van der Waals surface area (Å²) in [4.78, 5) is 0. The first-order chi connectivity index (χ1) is 4.63. The van der Waals surface area contributed by atoms with Crippen molar-refractivity contribution in [2.24, 2.45) is 0 Å². The molecule has 0 aliphatic heterocycles. The van der Waals surface area contributed by atoms with Crippen LogP contribution in [0.25, 0.3) is 10.6 Å². The number of hydrogen-bond acceptors (Lipinski definition) is 0. The summed E-state index contributed by atoms with van der Waals surface area (Å²) in [5.41, 5.74) is 0. The van der Waals surface area contributed by atoms with Crippen LogP contribution in [0.1, 0.15) is 27.7 Å². The van der Waals surface area contributed by atoms with Gasteiger partial charge in [0, 0.05) is 0 Å². The molecular formula is C8H16K2N2. The van der Waals surface area contributed by atoms with Crippen LogP contribution in [0.2, 0.25) is 0 Å². The second-order valence-corrected chi connectivity index (χ2v) is 2.78. The zero-order valence-electron chi connectivity index (χ0n) is 9.20. The van der Waals surface area contributed by atoms with Crippen molar-refractivity contribution < 1.29 is 103 Å². The minimum absolute atomic E-state index is 0. The predicted octanol–water partition coefficient (Wildman–Crippen LogP) is -2.97. The maximum Gasteiger partial charge on any atom is 1.00 e. The van der Waals surface area contributed by atoms with Crippen LogP contribution in [-0.4, -0.2) is 12.1 Å². The molecule has 0 aromatic heterocycles. The predicted molar refractivity (Wildman–Crippen MR) is 46.1 cm³/mol. The molecule has 0 spiro atoms. The molecule has 12 heavy (non-hydrogen) atoms. The topological polar surface area (TPSA) is 28.2 Å². The quantitative estimate of drug-likeness (QED) is 0.451. The van der Waals surface area contributed by atoms with Gasteiger partial charge in [0.2, 0.25) is 0 Å². The monoisotopic (exact) mass is 218 g/mol. The molecule has 0 aromatic rings. The Bertz CT molecular complexity index is 91.2. The smallest absolute Gasteiger partial charge is 0.690 e. The Morgan fingerprint density at radius 3 is 1.17 bits per heavy atom. The van der Waals surface area contributed by atoms with Crippen LogP contribution in [0.15, 0.2) is 12.4 Å². The van der Waals surface area contributed by atoms with Gasteiger partial charge in [0.15, 0.2) is 0 Å². The van der Waals surface area contributed by atoms with Crippen LogP contribution in [0.4, 0.5) is 0 Å². The van der Waals surface area contributed by atoms with E-state index in [1.165, 1.54) is 0 Å². The van der Waals surface area contributed by atoms with Crippen molar-refractivity contribution in [2.45, 2.75) is 39.8 Å². The van der Waals surface area contributed by atoms with Crippen LogP contribution < -0.4 is 103 Å². The van der Waals surface area contributed by atoms with Gasteiger partial charge < -0.3 is 10.6 Å². The molecule has 0 N–H and O–H groups in total. The van der Waals surface area contributed by atoms with Crippen LogP contribution in [0, 0.1) is 0 Å². The van der Waals surface area contributed by atoms with Crippen molar-refractivity contribution in [1.82, 2.24) is 0 Å². The van der Waals surface area contributed by atoms with Crippen LogP contribution in [0.3, 0.4) is 0 Å². The third-order valence-corrected chi connectivity index (χ3v) is 0.835. The van der Waals surface area contributed by atoms with E-state index in [4.69, 9.17) is 0 Å². The van der Waals surface area contributed by atoms with E-state index >= 15 is 0 Å². The summed E-state index contributed by atoms with van der Waals surface area (Å²) in [7, 11) is 0. The van der Waals surface area contributed by atoms with E-state index in [0.29, 0.717) is 12.1 Å². The van der Waals surface area contributed by atoms with Crippen molar-refractivity contribution in [3.63, 3.8) is 0 Å². The maximum atomic E-state index is 4.12. The molecule has 0 amide bonds. The fourth-order valence-corrected chi connectivity index (χ4v) is 0.421. The maximum absolute atomic E-state index is 4.12. The summed E-state index contributed by atoms with van der Waals surface area (Å²) in [6.45, 7) is 8.17. The number of rotatable bonds is 4. The first kappa shape index (κ1) is 20.1. The summed E-state index contributed by atoms with van der Waals surface area (Å²) in [5.74, 6) is 0. The first-order valence-electron chi connectivity index (χ1n) is 3.68. The molecule has 0 bridgehead atoms. The molecule has 0 rings (SSSR count). The van der Waals surface area contributed by atoms with E-state index in [-0.39, 0.29) is 103 Å². The molecule has 0 fully saturated rings. The van der Waals surface area contributed by atoms with Crippen molar-refractivity contribution in [3.05, 3.63) is 23.0 Å². The molecule has 0 aliphatic carbocycles. The van der Waals surface area contributed by atoms with Crippen molar-refractivity contribution in [2.75, 3.05) is 0 Å². The zero-order valence-corrected chi connectivity index (χ0v) is 15.5. The van der Waals surface area contributed by atoms with Gasteiger partial charge in [-0.05, 0) is 0 Å². The van der Waals surface area contributed by atoms with Gasteiger partial charge in [-0.2, -0.15) is 0 Å². The van der Waals surface area contributed by atoms with Gasteiger partial charge in [-0.1, -0.05) is 27.7 Å². The number of hydrogen-bond donors (Lipinski definition) is 0. The average Bonchev–Trinajstić information content (AvgIpc) is 1.79. The molecule has 4 heteroatoms. The van der Waals surface area contributed by atoms with Gasteiger partial charge in [-0.3, -0.25) is 0 Å². The summed E-state index contributed by atoms with van der Waals surface area (Å²) in [6, 6.07) is 0.747. The third-order valence-electron chi connectivity index (χ3n) is 0.835. The van der Waals surface area contributed by atoms with Crippen molar-refractivity contribution in [1.29, 1.82) is 0 Å². The van der Waals surface area contributed by atoms with Gasteiger partial charge in [0.05, 0.1) is 0 Å². The minimum Gasteiger partial charge on any atom is -0.690 e. The van der Waals surface area contributed by atoms with Crippen molar-refractivity contribution >= 4 is 0 Å². The van der Waals surface area contributed by atoms with Gasteiger partial charge in [0.25, 0.3) is 0 Å². The van der Waals surface area contributed by atoms with E-state index in [9.17, 15) is 0 Å². The van der Waals surface area contributed by atoms with Gasteiger partial charge in [-0.15, -0.1) is 12.1 Å². The van der Waals surface area contributed by atoms with Crippen molar-refractivity contribution in [3.8, 4) is 0 Å². The van der Waals surface area contributed by atoms with E-state index in [2.05, 4.69) is 10.6 Å². The molecule has 0 radical (unpaired) electrons. The normalized spacial score (nSPS) is 9.50. The molecule has 0 unspecified atom stereocenters. The second-order valence-electron chi connectivity index (χ2n) is 2.78. The van der Waals surface area contributed by atoms with E-state index < -0.39 is 0 Å². The summed E-state index contributed by atoms with van der Waals surface area (Å²) in [6.07, 6.45) is 3.51. The Kier molecular flexibility index (Phi) is 22.8. The fraction of sp³-hybridized carbons (Fsp3) is 0.750. The standard InChI is InChI=1S/C8H16N2.2K/c1-7(2)9-5-6-10-8(3)4;;/h5-8H,1-4H3;;/q-2;2*+1. The largest absolute Gasteiger partial charge is 1.00 e. The van der Waals surface area contributed by atoms with Crippen LogP contribution in [0.5, 0.6) is 0 Å². The first-order valence-corrected chi connectivity index (χ1v) is 3.68.